The van der Waals surface area contributed by atoms with Crippen molar-refractivity contribution in [3.05, 3.63) is 35.9 Å². The van der Waals surface area contributed by atoms with Gasteiger partial charge in [0, 0.05) is 0 Å². The maximum atomic E-state index is 12.1. The molecule has 1 rings (SSSR count). The van der Waals surface area contributed by atoms with E-state index in [1.54, 1.807) is 52.0 Å². The lowest BCUT2D eigenvalue weighted by Crippen LogP contribution is -2.42. The summed E-state index contributed by atoms with van der Waals surface area (Å²) in [5.74, 6) is 0. The Bertz CT molecular complexity index is 577. The number of nitrogens with one attached hydrogen (secondary N) is 1. The molecule has 0 spiro atoms. The van der Waals surface area contributed by atoms with Crippen LogP contribution in [0.25, 0.3) is 0 Å². The van der Waals surface area contributed by atoms with Crippen molar-refractivity contribution in [2.45, 2.75) is 45.8 Å². The third kappa shape index (κ3) is 4.23. The maximum absolute atomic E-state index is 12.1. The molecule has 0 unspecified atom stereocenters. The highest BCUT2D eigenvalue weighted by molar-refractivity contribution is 5.69. The van der Waals surface area contributed by atoms with E-state index in [4.69, 9.17) is 4.74 Å². The van der Waals surface area contributed by atoms with Gasteiger partial charge in [0.2, 0.25) is 0 Å². The number of hydrogen-bond donors (Lipinski definition) is 1. The van der Waals surface area contributed by atoms with Gasteiger partial charge in [-0.15, -0.1) is 0 Å². The first kappa shape index (κ1) is 17.5. The van der Waals surface area contributed by atoms with Gasteiger partial charge in [-0.2, -0.15) is 10.5 Å². The lowest BCUT2D eigenvalue weighted by molar-refractivity contribution is 0.0479. The summed E-state index contributed by atoms with van der Waals surface area (Å²) in [6, 6.07) is 12.3. The first-order valence-electron chi connectivity index (χ1n) is 7.15. The molecule has 22 heavy (non-hydrogen) atoms. The van der Waals surface area contributed by atoms with Crippen molar-refractivity contribution in [1.29, 1.82) is 10.5 Å². The highest BCUT2D eigenvalue weighted by atomic mass is 16.6. The summed E-state index contributed by atoms with van der Waals surface area (Å²) in [7, 11) is 0. The van der Waals surface area contributed by atoms with Crippen LogP contribution in [-0.4, -0.2) is 11.7 Å². The summed E-state index contributed by atoms with van der Waals surface area (Å²) in [5, 5.41) is 21.7. The minimum absolute atomic E-state index is 0.287. The average molecular weight is 299 g/mol. The predicted octanol–water partition coefficient (Wildman–Crippen LogP) is 3.70. The number of hydrogen-bond acceptors (Lipinski definition) is 4. The molecule has 0 aromatic heterocycles. The SMILES string of the molecule is CCC(C#N)(C#N)[C@@H](NC(=O)OC(C)(C)C)c1ccccc1. The smallest absolute Gasteiger partial charge is 0.408 e. The lowest BCUT2D eigenvalue weighted by atomic mass is 9.77. The minimum Gasteiger partial charge on any atom is -0.444 e. The van der Waals surface area contributed by atoms with E-state index >= 15 is 0 Å². The first-order valence-corrected chi connectivity index (χ1v) is 7.15. The molecule has 1 N–H and O–H groups in total. The summed E-state index contributed by atoms with van der Waals surface area (Å²) in [5.41, 5.74) is -1.31. The highest BCUT2D eigenvalue weighted by Gasteiger charge is 2.41. The van der Waals surface area contributed by atoms with Gasteiger partial charge in [0.1, 0.15) is 5.60 Å². The highest BCUT2D eigenvalue weighted by Crippen LogP contribution is 2.36. The number of amides is 1. The fourth-order valence-corrected chi connectivity index (χ4v) is 2.08. The summed E-state index contributed by atoms with van der Waals surface area (Å²) in [6.07, 6.45) is -0.361. The van der Waals surface area contributed by atoms with Crippen molar-refractivity contribution in [3.8, 4) is 12.1 Å². The van der Waals surface area contributed by atoms with Crippen molar-refractivity contribution in [2.75, 3.05) is 0 Å². The van der Waals surface area contributed by atoms with Crippen molar-refractivity contribution >= 4 is 6.09 Å². The number of carbonyl (C=O) groups is 1. The second kappa shape index (κ2) is 6.95. The lowest BCUT2D eigenvalue weighted by Gasteiger charge is -2.30. The molecule has 0 saturated carbocycles. The van der Waals surface area contributed by atoms with E-state index in [0.717, 1.165) is 0 Å². The minimum atomic E-state index is -1.35. The topological polar surface area (TPSA) is 85.9 Å². The zero-order valence-corrected chi connectivity index (χ0v) is 13.4. The fourth-order valence-electron chi connectivity index (χ4n) is 2.08. The van der Waals surface area contributed by atoms with Gasteiger partial charge in [0.05, 0.1) is 18.2 Å². The molecule has 0 aliphatic heterocycles. The Balaban J connectivity index is 3.17. The van der Waals surface area contributed by atoms with Crippen LogP contribution in [0.5, 0.6) is 0 Å². The van der Waals surface area contributed by atoms with Crippen molar-refractivity contribution in [3.63, 3.8) is 0 Å². The standard InChI is InChI=1S/C17H21N3O2/c1-5-17(11-18,12-19)14(13-9-7-6-8-10-13)20-15(21)22-16(2,3)4/h6-10,14H,5H2,1-4H3,(H,20,21)/t14-/m0/s1. The Kier molecular flexibility index (Phi) is 5.54. The molecular weight excluding hydrogens is 278 g/mol. The largest absolute Gasteiger partial charge is 0.444 e. The van der Waals surface area contributed by atoms with E-state index in [-0.39, 0.29) is 6.42 Å². The average Bonchev–Trinajstić information content (AvgIpc) is 2.47. The molecule has 1 atom stereocenters. The van der Waals surface area contributed by atoms with Gasteiger partial charge in [-0.1, -0.05) is 37.3 Å². The van der Waals surface area contributed by atoms with Crippen LogP contribution in [0.15, 0.2) is 30.3 Å². The number of alkyl carbamates (subject to hydrolysis) is 1. The van der Waals surface area contributed by atoms with Gasteiger partial charge in [-0.3, -0.25) is 0 Å². The van der Waals surface area contributed by atoms with E-state index in [0.29, 0.717) is 5.56 Å². The molecule has 1 amide bonds. The molecule has 0 aliphatic rings. The normalized spacial score (nSPS) is 12.6. The van der Waals surface area contributed by atoms with Crippen LogP contribution in [0.1, 0.15) is 45.7 Å². The van der Waals surface area contributed by atoms with Crippen LogP contribution in [-0.2, 0) is 4.74 Å². The Morgan fingerprint density at radius 2 is 1.77 bits per heavy atom. The molecule has 0 saturated heterocycles. The number of carbonyl (C=O) groups excluding carboxylic acids is 1. The summed E-state index contributed by atoms with van der Waals surface area (Å²) >= 11 is 0. The van der Waals surface area contributed by atoms with Crippen LogP contribution in [0.3, 0.4) is 0 Å². The van der Waals surface area contributed by atoms with Crippen molar-refractivity contribution < 1.29 is 9.53 Å². The maximum Gasteiger partial charge on any atom is 0.408 e. The summed E-state index contributed by atoms with van der Waals surface area (Å²) in [6.45, 7) is 7.02. The molecule has 116 valence electrons. The Hall–Kier alpha value is -2.53. The zero-order valence-electron chi connectivity index (χ0n) is 13.4. The molecule has 0 radical (unpaired) electrons. The Labute approximate surface area is 131 Å². The van der Waals surface area contributed by atoms with Gasteiger partial charge in [-0.05, 0) is 32.8 Å². The van der Waals surface area contributed by atoms with Crippen molar-refractivity contribution in [1.82, 2.24) is 5.32 Å². The van der Waals surface area contributed by atoms with Crippen molar-refractivity contribution in [2.24, 2.45) is 5.41 Å². The third-order valence-electron chi connectivity index (χ3n) is 3.24. The van der Waals surface area contributed by atoms with Gasteiger partial charge in [-0.25, -0.2) is 4.79 Å². The van der Waals surface area contributed by atoms with Crippen LogP contribution in [0.4, 0.5) is 4.79 Å². The van der Waals surface area contributed by atoms with E-state index in [1.165, 1.54) is 0 Å². The van der Waals surface area contributed by atoms with E-state index in [1.807, 2.05) is 6.07 Å². The number of benzene rings is 1. The van der Waals surface area contributed by atoms with Crippen LogP contribution < -0.4 is 5.32 Å². The number of nitriles is 2. The summed E-state index contributed by atoms with van der Waals surface area (Å²) < 4.78 is 5.25. The molecule has 0 bridgehead atoms. The van der Waals surface area contributed by atoms with E-state index in [9.17, 15) is 15.3 Å². The van der Waals surface area contributed by atoms with E-state index < -0.39 is 23.2 Å². The van der Waals surface area contributed by atoms with Crippen LogP contribution in [0, 0.1) is 28.1 Å². The molecule has 0 heterocycles. The molecule has 0 fully saturated rings. The molecule has 1 aromatic carbocycles. The quantitative estimate of drug-likeness (QED) is 0.918. The molecule has 1 aromatic rings. The summed E-state index contributed by atoms with van der Waals surface area (Å²) in [4.78, 5) is 12.1. The Morgan fingerprint density at radius 3 is 2.18 bits per heavy atom. The van der Waals surface area contributed by atoms with E-state index in [2.05, 4.69) is 17.5 Å². The fraction of sp³-hybridized carbons (Fsp3) is 0.471. The monoisotopic (exact) mass is 299 g/mol. The van der Waals surface area contributed by atoms with Gasteiger partial charge in [0.25, 0.3) is 0 Å². The predicted molar refractivity (Wildman–Crippen MR) is 82.5 cm³/mol. The molecule has 5 heteroatoms. The number of nitrogens with zero attached hydrogens (tertiary/aromatic N) is 2. The zero-order chi connectivity index (χ0) is 16.8. The van der Waals surface area contributed by atoms with Gasteiger partial charge < -0.3 is 10.1 Å². The second-order valence-electron chi connectivity index (χ2n) is 6.04. The molecule has 5 nitrogen and oxygen atoms in total. The van der Waals surface area contributed by atoms with Crippen LogP contribution >= 0.6 is 0 Å². The molecular formula is C17H21N3O2. The third-order valence-corrected chi connectivity index (χ3v) is 3.24. The number of ether oxygens (including phenoxy) is 1. The Morgan fingerprint density at radius 1 is 1.23 bits per heavy atom. The van der Waals surface area contributed by atoms with Gasteiger partial charge >= 0.3 is 6.09 Å². The second-order valence-corrected chi connectivity index (χ2v) is 6.04. The first-order chi connectivity index (χ1) is 10.3. The molecule has 0 aliphatic carbocycles. The van der Waals surface area contributed by atoms with Gasteiger partial charge in [0.15, 0.2) is 5.41 Å². The number of rotatable bonds is 4. The van der Waals surface area contributed by atoms with Crippen LogP contribution in [0.2, 0.25) is 0 Å².